The molecule has 0 atom stereocenters. The standard InChI is InChI=1S/C21H20FN5OS/c22-16-7-9-17(10-8-16)25-12-13-27-20(25)23-24-21(27)29-14-19(28)26-11-3-5-15-4-1-2-6-18(15)26/h1-2,4,6-10H,3,5,11-14H2. The molecular weight excluding hydrogens is 389 g/mol. The highest BCUT2D eigenvalue weighted by Gasteiger charge is 2.27. The Hall–Kier alpha value is -2.87. The van der Waals surface area contributed by atoms with Crippen molar-refractivity contribution in [1.82, 2.24) is 14.8 Å². The number of nitrogens with zero attached hydrogens (tertiary/aromatic N) is 5. The Morgan fingerprint density at radius 2 is 1.86 bits per heavy atom. The molecule has 2 aliphatic heterocycles. The first-order chi connectivity index (χ1) is 14.2. The number of thioether (sulfide) groups is 1. The van der Waals surface area contributed by atoms with Crippen molar-refractivity contribution >= 4 is 35.0 Å². The van der Waals surface area contributed by atoms with Crippen LogP contribution in [-0.4, -0.2) is 39.5 Å². The second-order valence-electron chi connectivity index (χ2n) is 7.13. The zero-order chi connectivity index (χ0) is 19.8. The van der Waals surface area contributed by atoms with Gasteiger partial charge in [-0.3, -0.25) is 9.36 Å². The van der Waals surface area contributed by atoms with Crippen molar-refractivity contribution in [2.24, 2.45) is 0 Å². The summed E-state index contributed by atoms with van der Waals surface area (Å²) < 4.78 is 15.2. The van der Waals surface area contributed by atoms with E-state index in [1.54, 1.807) is 12.1 Å². The number of amides is 1. The summed E-state index contributed by atoms with van der Waals surface area (Å²) in [5.41, 5.74) is 3.14. The SMILES string of the molecule is O=C(CSc1nnc2n1CCN2c1ccc(F)cc1)N1CCCc2ccccc21. The van der Waals surface area contributed by atoms with Crippen molar-refractivity contribution < 1.29 is 9.18 Å². The summed E-state index contributed by atoms with van der Waals surface area (Å²) in [4.78, 5) is 16.8. The highest BCUT2D eigenvalue weighted by Crippen LogP contribution is 2.33. The monoisotopic (exact) mass is 409 g/mol. The van der Waals surface area contributed by atoms with E-state index in [-0.39, 0.29) is 11.7 Å². The van der Waals surface area contributed by atoms with Gasteiger partial charge in [0.05, 0.1) is 5.75 Å². The first kappa shape index (κ1) is 18.2. The first-order valence-electron chi connectivity index (χ1n) is 9.68. The summed E-state index contributed by atoms with van der Waals surface area (Å²) in [5.74, 6) is 0.884. The molecule has 0 radical (unpaired) electrons. The summed E-state index contributed by atoms with van der Waals surface area (Å²) in [6.45, 7) is 2.24. The van der Waals surface area contributed by atoms with Crippen LogP contribution in [0.2, 0.25) is 0 Å². The lowest BCUT2D eigenvalue weighted by Crippen LogP contribution is -2.36. The molecule has 5 rings (SSSR count). The quantitative estimate of drug-likeness (QED) is 0.616. The molecule has 8 heteroatoms. The Kier molecular flexibility index (Phi) is 4.71. The average Bonchev–Trinajstić information content (AvgIpc) is 3.35. The van der Waals surface area contributed by atoms with E-state index in [0.717, 1.165) is 55.0 Å². The fourth-order valence-corrected chi connectivity index (χ4v) is 4.78. The third-order valence-electron chi connectivity index (χ3n) is 5.36. The molecule has 6 nitrogen and oxygen atoms in total. The molecule has 0 aliphatic carbocycles. The number of hydrogen-bond donors (Lipinski definition) is 0. The van der Waals surface area contributed by atoms with Gasteiger partial charge in [0, 0.05) is 31.0 Å². The number of aromatic nitrogens is 3. The molecule has 148 valence electrons. The maximum atomic E-state index is 13.2. The Morgan fingerprint density at radius 1 is 1.03 bits per heavy atom. The highest BCUT2D eigenvalue weighted by atomic mass is 32.2. The predicted octanol–water partition coefficient (Wildman–Crippen LogP) is 3.64. The average molecular weight is 409 g/mol. The van der Waals surface area contributed by atoms with Crippen LogP contribution in [-0.2, 0) is 17.8 Å². The number of anilines is 3. The minimum atomic E-state index is -0.261. The second kappa shape index (κ2) is 7.51. The van der Waals surface area contributed by atoms with Gasteiger partial charge in [0.1, 0.15) is 5.82 Å². The Labute approximate surface area is 172 Å². The smallest absolute Gasteiger partial charge is 0.237 e. The number of carbonyl (C=O) groups excluding carboxylic acids is 1. The van der Waals surface area contributed by atoms with Crippen molar-refractivity contribution in [3.63, 3.8) is 0 Å². The lowest BCUT2D eigenvalue weighted by atomic mass is 10.0. The van der Waals surface area contributed by atoms with E-state index >= 15 is 0 Å². The minimum absolute atomic E-state index is 0.0906. The first-order valence-corrected chi connectivity index (χ1v) is 10.7. The van der Waals surface area contributed by atoms with E-state index in [1.165, 1.54) is 29.5 Å². The van der Waals surface area contributed by atoms with E-state index in [1.807, 2.05) is 32.6 Å². The summed E-state index contributed by atoms with van der Waals surface area (Å²) in [7, 11) is 0. The maximum absolute atomic E-state index is 13.2. The van der Waals surface area contributed by atoms with Crippen LogP contribution in [0, 0.1) is 5.82 Å². The lowest BCUT2D eigenvalue weighted by molar-refractivity contribution is -0.116. The summed E-state index contributed by atoms with van der Waals surface area (Å²) in [6.07, 6.45) is 2.00. The van der Waals surface area contributed by atoms with Crippen molar-refractivity contribution in [3.8, 4) is 0 Å². The van der Waals surface area contributed by atoms with Crippen molar-refractivity contribution in [3.05, 3.63) is 59.9 Å². The zero-order valence-corrected chi connectivity index (χ0v) is 16.6. The third kappa shape index (κ3) is 3.37. The number of hydrogen-bond acceptors (Lipinski definition) is 5. The van der Waals surface area contributed by atoms with Crippen LogP contribution in [0.3, 0.4) is 0 Å². The van der Waals surface area contributed by atoms with Gasteiger partial charge in [-0.15, -0.1) is 10.2 Å². The third-order valence-corrected chi connectivity index (χ3v) is 6.31. The number of halogens is 1. The topological polar surface area (TPSA) is 54.3 Å². The van der Waals surface area contributed by atoms with Crippen LogP contribution in [0.15, 0.2) is 53.7 Å². The molecule has 0 fully saturated rings. The van der Waals surface area contributed by atoms with Gasteiger partial charge >= 0.3 is 0 Å². The van der Waals surface area contributed by atoms with Crippen LogP contribution in [0.25, 0.3) is 0 Å². The lowest BCUT2D eigenvalue weighted by Gasteiger charge is -2.29. The van der Waals surface area contributed by atoms with Crippen molar-refractivity contribution in [1.29, 1.82) is 0 Å². The summed E-state index contributed by atoms with van der Waals surface area (Å²) in [6, 6.07) is 14.5. The van der Waals surface area contributed by atoms with Gasteiger partial charge < -0.3 is 9.80 Å². The molecule has 2 aliphatic rings. The Bertz CT molecular complexity index is 1050. The molecule has 1 aromatic heterocycles. The number of fused-ring (bicyclic) bond motifs is 2. The van der Waals surface area contributed by atoms with Gasteiger partial charge in [-0.1, -0.05) is 30.0 Å². The molecule has 0 spiro atoms. The molecule has 2 aromatic carbocycles. The summed E-state index contributed by atoms with van der Waals surface area (Å²) in [5, 5.41) is 9.32. The van der Waals surface area contributed by atoms with E-state index in [0.29, 0.717) is 5.75 Å². The Morgan fingerprint density at radius 3 is 2.72 bits per heavy atom. The fraction of sp³-hybridized carbons (Fsp3) is 0.286. The maximum Gasteiger partial charge on any atom is 0.237 e. The zero-order valence-electron chi connectivity index (χ0n) is 15.8. The molecule has 0 unspecified atom stereocenters. The van der Waals surface area contributed by atoms with Crippen LogP contribution in [0.1, 0.15) is 12.0 Å². The minimum Gasteiger partial charge on any atom is -0.311 e. The van der Waals surface area contributed by atoms with E-state index in [4.69, 9.17) is 0 Å². The fourth-order valence-electron chi connectivity index (χ4n) is 3.95. The normalized spacial score (nSPS) is 15.3. The van der Waals surface area contributed by atoms with Crippen molar-refractivity contribution in [2.45, 2.75) is 24.5 Å². The number of benzene rings is 2. The van der Waals surface area contributed by atoms with E-state index < -0.39 is 0 Å². The number of rotatable bonds is 4. The Balaban J connectivity index is 1.29. The number of carbonyl (C=O) groups is 1. The van der Waals surface area contributed by atoms with E-state index in [9.17, 15) is 9.18 Å². The molecule has 1 amide bonds. The van der Waals surface area contributed by atoms with Gasteiger partial charge in [0.15, 0.2) is 5.16 Å². The van der Waals surface area contributed by atoms with Gasteiger partial charge in [0.25, 0.3) is 0 Å². The molecule has 3 heterocycles. The predicted molar refractivity (Wildman–Crippen MR) is 111 cm³/mol. The van der Waals surface area contributed by atoms with Gasteiger partial charge in [-0.25, -0.2) is 4.39 Å². The van der Waals surface area contributed by atoms with Crippen molar-refractivity contribution in [2.75, 3.05) is 28.6 Å². The molecular formula is C21H20FN5OS. The van der Waals surface area contributed by atoms with Gasteiger partial charge in [-0.2, -0.15) is 0 Å². The van der Waals surface area contributed by atoms with Crippen LogP contribution >= 0.6 is 11.8 Å². The molecule has 0 N–H and O–H groups in total. The summed E-state index contributed by atoms with van der Waals surface area (Å²) >= 11 is 1.42. The van der Waals surface area contributed by atoms with Crippen LogP contribution in [0.4, 0.5) is 21.7 Å². The van der Waals surface area contributed by atoms with Gasteiger partial charge in [-0.05, 0) is 48.7 Å². The van der Waals surface area contributed by atoms with Crippen LogP contribution in [0.5, 0.6) is 0 Å². The highest BCUT2D eigenvalue weighted by molar-refractivity contribution is 7.99. The largest absolute Gasteiger partial charge is 0.311 e. The van der Waals surface area contributed by atoms with Gasteiger partial charge in [0.2, 0.25) is 11.9 Å². The number of para-hydroxylation sites is 1. The molecule has 29 heavy (non-hydrogen) atoms. The molecule has 0 saturated carbocycles. The van der Waals surface area contributed by atoms with E-state index in [2.05, 4.69) is 16.3 Å². The molecule has 0 bridgehead atoms. The number of aryl methyl sites for hydroxylation is 1. The van der Waals surface area contributed by atoms with Crippen LogP contribution < -0.4 is 9.80 Å². The molecule has 3 aromatic rings. The molecule has 0 saturated heterocycles. The second-order valence-corrected chi connectivity index (χ2v) is 8.07.